The Morgan fingerprint density at radius 2 is 2.00 bits per heavy atom. The number of benzene rings is 2. The van der Waals surface area contributed by atoms with Gasteiger partial charge in [-0.15, -0.1) is 0 Å². The van der Waals surface area contributed by atoms with E-state index in [0.29, 0.717) is 18.7 Å². The van der Waals surface area contributed by atoms with Crippen molar-refractivity contribution in [3.63, 3.8) is 0 Å². The molecular weight excluding hydrogens is 312 g/mol. The Morgan fingerprint density at radius 3 is 2.76 bits per heavy atom. The van der Waals surface area contributed by atoms with Gasteiger partial charge in [0.05, 0.1) is 0 Å². The molecule has 25 heavy (non-hydrogen) atoms. The van der Waals surface area contributed by atoms with Crippen LogP contribution in [0.2, 0.25) is 0 Å². The summed E-state index contributed by atoms with van der Waals surface area (Å²) >= 11 is 0. The van der Waals surface area contributed by atoms with E-state index in [1.54, 1.807) is 6.07 Å². The lowest BCUT2D eigenvalue weighted by molar-refractivity contribution is -0.121. The Bertz CT molecular complexity index is 730. The summed E-state index contributed by atoms with van der Waals surface area (Å²) in [5, 5.41) is 12.7. The first-order valence-corrected chi connectivity index (χ1v) is 8.85. The molecule has 0 aliphatic carbocycles. The summed E-state index contributed by atoms with van der Waals surface area (Å²) in [6.45, 7) is 3.53. The topological polar surface area (TPSA) is 52.6 Å². The summed E-state index contributed by atoms with van der Waals surface area (Å²) in [5.74, 6) is 0.629. The first-order valence-electron chi connectivity index (χ1n) is 8.85. The summed E-state index contributed by atoms with van der Waals surface area (Å²) in [5.41, 5.74) is 3.62. The van der Waals surface area contributed by atoms with E-state index in [9.17, 15) is 9.90 Å². The summed E-state index contributed by atoms with van der Waals surface area (Å²) in [4.78, 5) is 14.5. The predicted octanol–water partition coefficient (Wildman–Crippen LogP) is 3.06. The number of carbonyl (C=O) groups excluding carboxylic acids is 1. The van der Waals surface area contributed by atoms with Gasteiger partial charge in [0.1, 0.15) is 5.75 Å². The molecule has 0 bridgehead atoms. The third-order valence-corrected chi connectivity index (χ3v) is 5.08. The van der Waals surface area contributed by atoms with Crippen LogP contribution in [0.5, 0.6) is 5.75 Å². The van der Waals surface area contributed by atoms with Crippen molar-refractivity contribution < 1.29 is 9.90 Å². The minimum atomic E-state index is 0.0984. The lowest BCUT2D eigenvalue weighted by Crippen LogP contribution is -2.45. The van der Waals surface area contributed by atoms with Crippen LogP contribution < -0.4 is 5.32 Å². The highest BCUT2D eigenvalue weighted by Gasteiger charge is 2.24. The molecule has 1 heterocycles. The molecule has 0 unspecified atom stereocenters. The quantitative estimate of drug-likeness (QED) is 0.881. The molecule has 2 N–H and O–H groups in total. The van der Waals surface area contributed by atoms with Crippen LogP contribution in [0, 0.1) is 0 Å². The van der Waals surface area contributed by atoms with Gasteiger partial charge in [0.2, 0.25) is 5.91 Å². The lowest BCUT2D eigenvalue weighted by Gasteiger charge is -2.34. The van der Waals surface area contributed by atoms with Crippen LogP contribution in [0.15, 0.2) is 48.5 Å². The molecular formula is C21H26N2O2. The Morgan fingerprint density at radius 1 is 1.24 bits per heavy atom. The van der Waals surface area contributed by atoms with Gasteiger partial charge in [-0.05, 0) is 48.2 Å². The smallest absolute Gasteiger partial charge is 0.220 e. The van der Waals surface area contributed by atoms with Crippen molar-refractivity contribution in [3.05, 3.63) is 65.2 Å². The molecule has 0 radical (unpaired) electrons. The molecule has 1 aliphatic rings. The van der Waals surface area contributed by atoms with E-state index in [0.717, 1.165) is 13.0 Å². The van der Waals surface area contributed by atoms with E-state index >= 15 is 0 Å². The lowest BCUT2D eigenvalue weighted by atomic mass is 9.94. The van der Waals surface area contributed by atoms with E-state index in [-0.39, 0.29) is 17.9 Å². The summed E-state index contributed by atoms with van der Waals surface area (Å²) in [7, 11) is 2.07. The summed E-state index contributed by atoms with van der Waals surface area (Å²) in [6, 6.07) is 16.0. The molecule has 4 heteroatoms. The van der Waals surface area contributed by atoms with Crippen LogP contribution in [0.25, 0.3) is 0 Å². The highest BCUT2D eigenvalue weighted by atomic mass is 16.3. The molecule has 0 saturated heterocycles. The second-order valence-electron chi connectivity index (χ2n) is 7.05. The highest BCUT2D eigenvalue weighted by molar-refractivity contribution is 5.76. The van der Waals surface area contributed by atoms with Crippen molar-refractivity contribution >= 4 is 5.91 Å². The zero-order valence-electron chi connectivity index (χ0n) is 14.9. The monoisotopic (exact) mass is 338 g/mol. The average molecular weight is 338 g/mol. The van der Waals surface area contributed by atoms with Gasteiger partial charge in [0, 0.05) is 25.6 Å². The molecule has 4 nitrogen and oxygen atoms in total. The number of phenolic OH excluding ortho intramolecular Hbond substituents is 1. The van der Waals surface area contributed by atoms with E-state index in [1.807, 2.05) is 30.3 Å². The molecule has 3 rings (SSSR count). The predicted molar refractivity (Wildman–Crippen MR) is 99.5 cm³/mol. The number of phenols is 1. The van der Waals surface area contributed by atoms with Crippen molar-refractivity contribution in [2.24, 2.45) is 0 Å². The molecule has 2 atom stereocenters. The zero-order valence-corrected chi connectivity index (χ0v) is 14.9. The van der Waals surface area contributed by atoms with Gasteiger partial charge < -0.3 is 10.4 Å². The van der Waals surface area contributed by atoms with Gasteiger partial charge in [0.15, 0.2) is 0 Å². The Labute approximate surface area is 149 Å². The number of fused-ring (bicyclic) bond motifs is 1. The number of hydrogen-bond acceptors (Lipinski definition) is 3. The van der Waals surface area contributed by atoms with E-state index in [1.165, 1.54) is 16.7 Å². The van der Waals surface area contributed by atoms with Crippen molar-refractivity contribution in [1.82, 2.24) is 10.2 Å². The molecule has 2 aromatic rings. The molecule has 0 fully saturated rings. The van der Waals surface area contributed by atoms with Crippen molar-refractivity contribution in [2.45, 2.75) is 38.3 Å². The second kappa shape index (κ2) is 7.70. The fourth-order valence-corrected chi connectivity index (χ4v) is 3.48. The maximum Gasteiger partial charge on any atom is 0.220 e. The number of likely N-dealkylation sites (N-methyl/N-ethyl adjacent to an activating group) is 1. The van der Waals surface area contributed by atoms with Crippen LogP contribution in [0.4, 0.5) is 0 Å². The van der Waals surface area contributed by atoms with Crippen LogP contribution in [0.1, 0.15) is 36.0 Å². The Kier molecular flexibility index (Phi) is 5.39. The van der Waals surface area contributed by atoms with Crippen LogP contribution in [-0.4, -0.2) is 35.5 Å². The molecule has 1 aliphatic heterocycles. The number of amides is 1. The first-order chi connectivity index (χ1) is 12.0. The van der Waals surface area contributed by atoms with Gasteiger partial charge in [0.25, 0.3) is 0 Å². The first kappa shape index (κ1) is 17.5. The number of nitrogens with zero attached hydrogens (tertiary/aromatic N) is 1. The number of aromatic hydroxyl groups is 1. The Balaban J connectivity index is 1.53. The molecule has 132 valence electrons. The van der Waals surface area contributed by atoms with Crippen molar-refractivity contribution in [2.75, 3.05) is 13.6 Å². The van der Waals surface area contributed by atoms with Gasteiger partial charge in [-0.3, -0.25) is 9.69 Å². The standard InChI is InChI=1S/C21H26N2O2/c1-15(16-6-4-3-5-7-16)10-21(25)22-13-19-11-17-8-9-20(24)12-18(17)14-23(19)2/h3-9,12,15,19,24H,10-11,13-14H2,1-2H3,(H,22,25)/t15-,19-/m0/s1. The fourth-order valence-electron chi connectivity index (χ4n) is 3.48. The minimum Gasteiger partial charge on any atom is -0.508 e. The summed E-state index contributed by atoms with van der Waals surface area (Å²) in [6.07, 6.45) is 1.39. The molecule has 0 spiro atoms. The second-order valence-corrected chi connectivity index (χ2v) is 7.05. The summed E-state index contributed by atoms with van der Waals surface area (Å²) < 4.78 is 0. The van der Waals surface area contributed by atoms with Crippen LogP contribution >= 0.6 is 0 Å². The number of carbonyl (C=O) groups is 1. The maximum absolute atomic E-state index is 12.3. The number of rotatable bonds is 5. The largest absolute Gasteiger partial charge is 0.508 e. The van der Waals surface area contributed by atoms with E-state index in [2.05, 4.69) is 36.3 Å². The number of nitrogens with one attached hydrogen (secondary N) is 1. The number of hydrogen-bond donors (Lipinski definition) is 2. The van der Waals surface area contributed by atoms with Gasteiger partial charge in [-0.2, -0.15) is 0 Å². The normalized spacial score (nSPS) is 18.4. The Hall–Kier alpha value is -2.33. The zero-order chi connectivity index (χ0) is 17.8. The molecule has 0 saturated carbocycles. The van der Waals surface area contributed by atoms with Gasteiger partial charge in [-0.25, -0.2) is 0 Å². The van der Waals surface area contributed by atoms with Crippen molar-refractivity contribution in [3.8, 4) is 5.75 Å². The van der Waals surface area contributed by atoms with Crippen LogP contribution in [-0.2, 0) is 17.8 Å². The van der Waals surface area contributed by atoms with Crippen LogP contribution in [0.3, 0.4) is 0 Å². The van der Waals surface area contributed by atoms with Crippen molar-refractivity contribution in [1.29, 1.82) is 0 Å². The fraction of sp³-hybridized carbons (Fsp3) is 0.381. The maximum atomic E-state index is 12.3. The minimum absolute atomic E-state index is 0.0984. The molecule has 0 aromatic heterocycles. The third kappa shape index (κ3) is 4.40. The van der Waals surface area contributed by atoms with Gasteiger partial charge in [-0.1, -0.05) is 43.3 Å². The van der Waals surface area contributed by atoms with E-state index in [4.69, 9.17) is 0 Å². The van der Waals surface area contributed by atoms with Gasteiger partial charge >= 0.3 is 0 Å². The molecule has 1 amide bonds. The van der Waals surface area contributed by atoms with E-state index < -0.39 is 0 Å². The molecule has 2 aromatic carbocycles. The highest BCUT2D eigenvalue weighted by Crippen LogP contribution is 2.25. The average Bonchev–Trinajstić information content (AvgIpc) is 2.60. The SMILES string of the molecule is C[C@@H](CC(=O)NC[C@@H]1Cc2ccc(O)cc2CN1C)c1ccccc1. The third-order valence-electron chi connectivity index (χ3n) is 5.08.